The number of aromatic nitrogens is 1. The van der Waals surface area contributed by atoms with Crippen LogP contribution in [0, 0.1) is 0 Å². The molecule has 142 valence electrons. The van der Waals surface area contributed by atoms with Crippen molar-refractivity contribution in [1.82, 2.24) is 9.71 Å². The average Bonchev–Trinajstić information content (AvgIpc) is 3.09. The van der Waals surface area contributed by atoms with Gasteiger partial charge in [0.05, 0.1) is 17.1 Å². The molecule has 0 amide bonds. The van der Waals surface area contributed by atoms with Crippen molar-refractivity contribution in [3.63, 3.8) is 0 Å². The number of nitrogens with one attached hydrogen (secondary N) is 1. The van der Waals surface area contributed by atoms with Crippen molar-refractivity contribution in [3.8, 4) is 16.3 Å². The molecule has 0 bridgehead atoms. The van der Waals surface area contributed by atoms with Crippen molar-refractivity contribution in [3.05, 3.63) is 65.7 Å². The van der Waals surface area contributed by atoms with Gasteiger partial charge in [-0.15, -0.1) is 24.5 Å². The predicted octanol–water partition coefficient (Wildman–Crippen LogP) is 4.19. The second-order valence-electron chi connectivity index (χ2n) is 5.36. The summed E-state index contributed by atoms with van der Waals surface area (Å²) in [5, 5.41) is 2.46. The Kier molecular flexibility index (Phi) is 5.49. The highest BCUT2D eigenvalue weighted by Crippen LogP contribution is 2.26. The van der Waals surface area contributed by atoms with Gasteiger partial charge >= 0.3 is 6.36 Å². The highest BCUT2D eigenvalue weighted by Gasteiger charge is 2.31. The Morgan fingerprint density at radius 2 is 1.81 bits per heavy atom. The van der Waals surface area contributed by atoms with Gasteiger partial charge in [-0.3, -0.25) is 0 Å². The standard InChI is InChI=1S/C17H13F3N2O3S2/c18-17(19,20)25-14-7-4-8-15(9-14)27(23,24)21-10-13-11-26-16(22-13)12-5-2-1-3-6-12/h1-9,11,21H,10H2. The van der Waals surface area contributed by atoms with E-state index in [0.29, 0.717) is 5.69 Å². The zero-order chi connectivity index (χ0) is 19.5. The number of thiazole rings is 1. The number of halogens is 3. The fraction of sp³-hybridized carbons (Fsp3) is 0.118. The van der Waals surface area contributed by atoms with Crippen molar-refractivity contribution in [2.45, 2.75) is 17.8 Å². The fourth-order valence-corrected chi connectivity index (χ4v) is 4.05. The van der Waals surface area contributed by atoms with E-state index in [2.05, 4.69) is 14.4 Å². The zero-order valence-corrected chi connectivity index (χ0v) is 15.2. The van der Waals surface area contributed by atoms with E-state index in [1.165, 1.54) is 23.5 Å². The summed E-state index contributed by atoms with van der Waals surface area (Å²) in [6.07, 6.45) is -4.90. The largest absolute Gasteiger partial charge is 0.573 e. The first-order valence-corrected chi connectivity index (χ1v) is 9.94. The topological polar surface area (TPSA) is 68.3 Å². The molecule has 1 aromatic heterocycles. The highest BCUT2D eigenvalue weighted by molar-refractivity contribution is 7.89. The third-order valence-electron chi connectivity index (χ3n) is 3.37. The van der Waals surface area contributed by atoms with Crippen LogP contribution in [0.1, 0.15) is 5.69 Å². The summed E-state index contributed by atoms with van der Waals surface area (Å²) in [5.41, 5.74) is 1.42. The van der Waals surface area contributed by atoms with Crippen LogP contribution in [-0.2, 0) is 16.6 Å². The van der Waals surface area contributed by atoms with E-state index in [1.807, 2.05) is 30.3 Å². The summed E-state index contributed by atoms with van der Waals surface area (Å²) in [4.78, 5) is 4.03. The van der Waals surface area contributed by atoms with Crippen molar-refractivity contribution < 1.29 is 26.3 Å². The van der Waals surface area contributed by atoms with Gasteiger partial charge in [-0.1, -0.05) is 36.4 Å². The third kappa shape index (κ3) is 5.28. The molecule has 0 atom stereocenters. The molecule has 3 aromatic rings. The first-order chi connectivity index (χ1) is 12.7. The van der Waals surface area contributed by atoms with Gasteiger partial charge in [0.25, 0.3) is 0 Å². The van der Waals surface area contributed by atoms with Crippen LogP contribution < -0.4 is 9.46 Å². The molecule has 0 spiro atoms. The lowest BCUT2D eigenvalue weighted by Crippen LogP contribution is -2.23. The summed E-state index contributed by atoms with van der Waals surface area (Å²) in [7, 11) is -4.02. The van der Waals surface area contributed by atoms with Crippen molar-refractivity contribution in [2.75, 3.05) is 0 Å². The maximum Gasteiger partial charge on any atom is 0.573 e. The fourth-order valence-electron chi connectivity index (χ4n) is 2.19. The van der Waals surface area contributed by atoms with Gasteiger partial charge in [0.2, 0.25) is 10.0 Å². The Balaban J connectivity index is 1.71. The summed E-state index contributed by atoms with van der Waals surface area (Å²) in [5.74, 6) is -0.606. The van der Waals surface area contributed by atoms with Crippen molar-refractivity contribution >= 4 is 21.4 Å². The monoisotopic (exact) mass is 414 g/mol. The van der Waals surface area contributed by atoms with E-state index in [1.54, 1.807) is 5.38 Å². The maximum atomic E-state index is 12.3. The Bertz CT molecular complexity index is 1020. The lowest BCUT2D eigenvalue weighted by Gasteiger charge is -2.10. The van der Waals surface area contributed by atoms with E-state index >= 15 is 0 Å². The minimum Gasteiger partial charge on any atom is -0.406 e. The van der Waals surface area contributed by atoms with E-state index in [4.69, 9.17) is 0 Å². The predicted molar refractivity (Wildman–Crippen MR) is 94.7 cm³/mol. The van der Waals surface area contributed by atoms with E-state index in [-0.39, 0.29) is 11.4 Å². The summed E-state index contributed by atoms with van der Waals surface area (Å²) in [6, 6.07) is 13.6. The number of hydrogen-bond donors (Lipinski definition) is 1. The Labute approximate surface area is 157 Å². The van der Waals surface area contributed by atoms with Gasteiger partial charge in [-0.2, -0.15) is 0 Å². The third-order valence-corrected chi connectivity index (χ3v) is 5.70. The van der Waals surface area contributed by atoms with Crippen LogP contribution in [0.5, 0.6) is 5.75 Å². The normalized spacial score (nSPS) is 12.1. The van der Waals surface area contributed by atoms with Crippen LogP contribution in [0.15, 0.2) is 64.9 Å². The molecular formula is C17H13F3N2O3S2. The Morgan fingerprint density at radius 1 is 1.07 bits per heavy atom. The first kappa shape index (κ1) is 19.3. The zero-order valence-electron chi connectivity index (χ0n) is 13.6. The lowest BCUT2D eigenvalue weighted by atomic mass is 10.2. The van der Waals surface area contributed by atoms with Crippen LogP contribution in [0.2, 0.25) is 0 Å². The molecule has 10 heteroatoms. The summed E-state index contributed by atoms with van der Waals surface area (Å²) < 4.78 is 67.6. The van der Waals surface area contributed by atoms with Crippen LogP contribution in [0.3, 0.4) is 0 Å². The molecule has 1 heterocycles. The van der Waals surface area contributed by atoms with Gasteiger partial charge in [-0.05, 0) is 12.1 Å². The van der Waals surface area contributed by atoms with Crippen molar-refractivity contribution in [1.29, 1.82) is 0 Å². The quantitative estimate of drug-likeness (QED) is 0.657. The number of sulfonamides is 1. The van der Waals surface area contributed by atoms with Gasteiger partial charge in [0.15, 0.2) is 0 Å². The molecule has 0 saturated heterocycles. The summed E-state index contributed by atoms with van der Waals surface area (Å²) >= 11 is 1.37. The minimum absolute atomic E-state index is 0.0873. The van der Waals surface area contributed by atoms with Gasteiger partial charge < -0.3 is 4.74 Å². The second-order valence-corrected chi connectivity index (χ2v) is 7.98. The van der Waals surface area contributed by atoms with E-state index in [0.717, 1.165) is 22.7 Å². The van der Waals surface area contributed by atoms with E-state index < -0.39 is 22.1 Å². The van der Waals surface area contributed by atoms with Gasteiger partial charge in [0.1, 0.15) is 10.8 Å². The second kappa shape index (κ2) is 7.67. The molecular weight excluding hydrogens is 401 g/mol. The molecule has 0 saturated carbocycles. The Morgan fingerprint density at radius 3 is 2.52 bits per heavy atom. The van der Waals surface area contributed by atoms with Gasteiger partial charge in [0, 0.05) is 17.0 Å². The molecule has 3 rings (SSSR count). The number of rotatable bonds is 6. The van der Waals surface area contributed by atoms with Crippen molar-refractivity contribution in [2.24, 2.45) is 0 Å². The molecule has 0 aliphatic heterocycles. The smallest absolute Gasteiger partial charge is 0.406 e. The molecule has 2 aromatic carbocycles. The number of ether oxygens (including phenoxy) is 1. The molecule has 1 N–H and O–H groups in total. The van der Waals surface area contributed by atoms with Crippen LogP contribution in [0.4, 0.5) is 13.2 Å². The number of hydrogen-bond acceptors (Lipinski definition) is 5. The first-order valence-electron chi connectivity index (χ1n) is 7.58. The molecule has 0 aliphatic rings. The van der Waals surface area contributed by atoms with Gasteiger partial charge in [-0.25, -0.2) is 18.1 Å². The Hall–Kier alpha value is -2.43. The maximum absolute atomic E-state index is 12.3. The van der Waals surface area contributed by atoms with Crippen LogP contribution in [-0.4, -0.2) is 19.8 Å². The van der Waals surface area contributed by atoms with Crippen LogP contribution in [0.25, 0.3) is 10.6 Å². The number of benzene rings is 2. The average molecular weight is 414 g/mol. The molecule has 0 unspecified atom stereocenters. The van der Waals surface area contributed by atoms with E-state index in [9.17, 15) is 21.6 Å². The highest BCUT2D eigenvalue weighted by atomic mass is 32.2. The molecule has 27 heavy (non-hydrogen) atoms. The molecule has 0 fully saturated rings. The molecule has 0 radical (unpaired) electrons. The molecule has 5 nitrogen and oxygen atoms in total. The number of alkyl halides is 3. The minimum atomic E-state index is -4.90. The number of nitrogens with zero attached hydrogens (tertiary/aromatic N) is 1. The lowest BCUT2D eigenvalue weighted by molar-refractivity contribution is -0.274. The SMILES string of the molecule is O=S(=O)(NCc1csc(-c2ccccc2)n1)c1cccc(OC(F)(F)F)c1. The molecule has 0 aliphatic carbocycles. The summed E-state index contributed by atoms with van der Waals surface area (Å²) in [6.45, 7) is -0.0873. The van der Waals surface area contributed by atoms with Crippen LogP contribution >= 0.6 is 11.3 Å².